The first-order valence-corrected chi connectivity index (χ1v) is 26.1. The number of allylic oxidation sites excluding steroid dienone is 14. The number of unbranched alkanes of at least 4 members (excludes halogenated alkanes) is 22. The molecule has 0 aromatic carbocycles. The summed E-state index contributed by atoms with van der Waals surface area (Å²) < 4.78 is 17.3. The molecule has 1 atom stereocenters. The normalized spacial score (nSPS) is 12.9. The van der Waals surface area contributed by atoms with Crippen molar-refractivity contribution in [3.63, 3.8) is 0 Å². The highest BCUT2D eigenvalue weighted by atomic mass is 16.6. The zero-order valence-corrected chi connectivity index (χ0v) is 40.9. The molecule has 0 aliphatic carbocycles. The van der Waals surface area contributed by atoms with Crippen molar-refractivity contribution in [2.24, 2.45) is 0 Å². The molecule has 0 radical (unpaired) electrons. The Morgan fingerprint density at radius 3 is 1.21 bits per heavy atom. The Bertz CT molecular complexity index is 1160. The van der Waals surface area contributed by atoms with Crippen molar-refractivity contribution in [3.8, 4) is 0 Å². The average molecular weight is 863 g/mol. The van der Waals surface area contributed by atoms with Crippen molar-refractivity contribution in [1.29, 1.82) is 0 Å². The fraction of sp³-hybridized carbons (Fsp3) is 0.719. The lowest BCUT2D eigenvalue weighted by Gasteiger charge is -2.18. The maximum Gasteiger partial charge on any atom is 0.306 e. The highest BCUT2D eigenvalue weighted by molar-refractivity contribution is 5.70. The van der Waals surface area contributed by atoms with Crippen molar-refractivity contribution in [1.82, 2.24) is 0 Å². The summed E-state index contributed by atoms with van der Waals surface area (Å²) in [6, 6.07) is 0. The van der Waals surface area contributed by atoms with Gasteiger partial charge in [-0.05, 0) is 109 Å². The van der Waals surface area contributed by atoms with Crippen molar-refractivity contribution >= 4 is 11.9 Å². The molecular formula is C57H98O5. The van der Waals surface area contributed by atoms with Gasteiger partial charge in [-0.2, -0.15) is 0 Å². The molecule has 0 amide bonds. The summed E-state index contributed by atoms with van der Waals surface area (Å²) in [5.74, 6) is -0.442. The van der Waals surface area contributed by atoms with Gasteiger partial charge in [0.15, 0.2) is 6.10 Å². The minimum Gasteiger partial charge on any atom is -0.462 e. The van der Waals surface area contributed by atoms with Gasteiger partial charge in [0.2, 0.25) is 0 Å². The molecule has 0 saturated heterocycles. The lowest BCUT2D eigenvalue weighted by molar-refractivity contribution is -0.163. The molecule has 0 spiro atoms. The van der Waals surface area contributed by atoms with Crippen LogP contribution in [-0.2, 0) is 23.8 Å². The van der Waals surface area contributed by atoms with Crippen LogP contribution in [-0.4, -0.2) is 37.9 Å². The fourth-order valence-electron chi connectivity index (χ4n) is 7.01. The minimum atomic E-state index is -0.573. The van der Waals surface area contributed by atoms with Crippen molar-refractivity contribution in [2.45, 2.75) is 245 Å². The van der Waals surface area contributed by atoms with E-state index in [0.717, 1.165) is 89.9 Å². The highest BCUT2D eigenvalue weighted by Crippen LogP contribution is 2.14. The van der Waals surface area contributed by atoms with Gasteiger partial charge in [-0.3, -0.25) is 9.59 Å². The van der Waals surface area contributed by atoms with E-state index in [1.807, 2.05) is 0 Å². The fourth-order valence-corrected chi connectivity index (χ4v) is 7.01. The molecule has 0 N–H and O–H groups in total. The molecule has 62 heavy (non-hydrogen) atoms. The predicted octanol–water partition coefficient (Wildman–Crippen LogP) is 17.7. The number of hydrogen-bond acceptors (Lipinski definition) is 5. The molecule has 356 valence electrons. The van der Waals surface area contributed by atoms with Gasteiger partial charge in [-0.15, -0.1) is 0 Å². The smallest absolute Gasteiger partial charge is 0.306 e. The van der Waals surface area contributed by atoms with Gasteiger partial charge in [-0.25, -0.2) is 0 Å². The van der Waals surface area contributed by atoms with Gasteiger partial charge in [0.05, 0.1) is 6.61 Å². The molecule has 0 bridgehead atoms. The van der Waals surface area contributed by atoms with Gasteiger partial charge in [0.1, 0.15) is 6.61 Å². The molecular weight excluding hydrogens is 765 g/mol. The Morgan fingerprint density at radius 2 is 0.726 bits per heavy atom. The standard InChI is InChI=1S/C57H98O5/c1-4-7-10-13-16-19-22-25-27-28-29-30-31-33-35-38-41-44-47-50-56(58)61-54-55(53-60-52-49-46-43-40-37-34-26-23-20-17-14-11-8-5-2)62-57(59)51-48-45-42-39-36-32-24-21-18-15-12-9-6-3/h8,11,16-17,19-21,24-27,34,40,43,55H,4-7,9-10,12-15,18,22-23,28-33,35-39,41-42,44-54H2,1-3H3/b11-8-,19-16-,20-17-,24-21-,27-25-,34-26-,43-40-. The first-order valence-electron chi connectivity index (χ1n) is 26.1. The Kier molecular flexibility index (Phi) is 50.0. The molecule has 0 rings (SSSR count). The molecule has 0 aromatic rings. The summed E-state index contributed by atoms with van der Waals surface area (Å²) in [6.45, 7) is 7.53. The third-order valence-electron chi connectivity index (χ3n) is 10.9. The number of esters is 2. The molecule has 1 unspecified atom stereocenters. The molecule has 0 aliphatic heterocycles. The Balaban J connectivity index is 4.32. The van der Waals surface area contributed by atoms with E-state index in [0.29, 0.717) is 19.4 Å². The second-order valence-corrected chi connectivity index (χ2v) is 17.0. The maximum atomic E-state index is 12.8. The van der Waals surface area contributed by atoms with E-state index in [1.165, 1.54) is 116 Å². The van der Waals surface area contributed by atoms with E-state index in [4.69, 9.17) is 14.2 Å². The van der Waals surface area contributed by atoms with Gasteiger partial charge < -0.3 is 14.2 Å². The largest absolute Gasteiger partial charge is 0.462 e. The highest BCUT2D eigenvalue weighted by Gasteiger charge is 2.17. The zero-order chi connectivity index (χ0) is 44.9. The van der Waals surface area contributed by atoms with E-state index in [2.05, 4.69) is 106 Å². The van der Waals surface area contributed by atoms with Gasteiger partial charge in [-0.1, -0.05) is 202 Å². The summed E-state index contributed by atoms with van der Waals surface area (Å²) >= 11 is 0. The van der Waals surface area contributed by atoms with Crippen LogP contribution in [0.3, 0.4) is 0 Å². The first-order chi connectivity index (χ1) is 30.6. The molecule has 0 fully saturated rings. The van der Waals surface area contributed by atoms with Gasteiger partial charge >= 0.3 is 11.9 Å². The molecule has 0 heterocycles. The van der Waals surface area contributed by atoms with E-state index < -0.39 is 6.10 Å². The van der Waals surface area contributed by atoms with Crippen LogP contribution in [0, 0.1) is 0 Å². The Labute approximate surface area is 384 Å². The number of carbonyl (C=O) groups excluding carboxylic acids is 2. The average Bonchev–Trinajstić information content (AvgIpc) is 3.27. The quantitative estimate of drug-likeness (QED) is 0.0346. The minimum absolute atomic E-state index is 0.0551. The van der Waals surface area contributed by atoms with Gasteiger partial charge in [0, 0.05) is 19.4 Å². The van der Waals surface area contributed by atoms with Crippen LogP contribution >= 0.6 is 0 Å². The summed E-state index contributed by atoms with van der Waals surface area (Å²) in [4.78, 5) is 25.4. The third kappa shape index (κ3) is 49.7. The number of rotatable bonds is 47. The van der Waals surface area contributed by atoms with E-state index >= 15 is 0 Å². The SMILES string of the molecule is CC/C=C\C/C=C\C/C=C\C/C=C\CCCOCC(COC(=O)CCCCCCCCCCC/C=C\C/C=C\CCCCC)OC(=O)CCCCCCC/C=C\CCCCCC. The molecule has 5 nitrogen and oxygen atoms in total. The predicted molar refractivity (Wildman–Crippen MR) is 270 cm³/mol. The van der Waals surface area contributed by atoms with Crippen LogP contribution in [0.1, 0.15) is 239 Å². The Hall–Kier alpha value is -2.92. The molecule has 0 aromatic heterocycles. The second kappa shape index (κ2) is 52.4. The molecule has 0 saturated carbocycles. The number of ether oxygens (including phenoxy) is 3. The summed E-state index contributed by atoms with van der Waals surface area (Å²) in [5.41, 5.74) is 0. The molecule has 0 aliphatic rings. The van der Waals surface area contributed by atoms with Crippen molar-refractivity contribution in [3.05, 3.63) is 85.1 Å². The van der Waals surface area contributed by atoms with Crippen LogP contribution in [0.2, 0.25) is 0 Å². The third-order valence-corrected chi connectivity index (χ3v) is 10.9. The molecule has 5 heteroatoms. The van der Waals surface area contributed by atoms with E-state index in [-0.39, 0.29) is 25.2 Å². The summed E-state index contributed by atoms with van der Waals surface area (Å²) in [5, 5.41) is 0. The first kappa shape index (κ1) is 59.1. The summed E-state index contributed by atoms with van der Waals surface area (Å²) in [7, 11) is 0. The Morgan fingerprint density at radius 1 is 0.371 bits per heavy atom. The second-order valence-electron chi connectivity index (χ2n) is 17.0. The van der Waals surface area contributed by atoms with Crippen LogP contribution in [0.25, 0.3) is 0 Å². The topological polar surface area (TPSA) is 61.8 Å². The van der Waals surface area contributed by atoms with Gasteiger partial charge in [0.25, 0.3) is 0 Å². The summed E-state index contributed by atoms with van der Waals surface area (Å²) in [6.07, 6.45) is 68.9. The number of hydrogen-bond donors (Lipinski definition) is 0. The number of carbonyl (C=O) groups is 2. The van der Waals surface area contributed by atoms with E-state index in [1.54, 1.807) is 0 Å². The monoisotopic (exact) mass is 863 g/mol. The lowest BCUT2D eigenvalue weighted by Crippen LogP contribution is -2.30. The van der Waals surface area contributed by atoms with Crippen LogP contribution < -0.4 is 0 Å². The van der Waals surface area contributed by atoms with Crippen LogP contribution in [0.15, 0.2) is 85.1 Å². The zero-order valence-electron chi connectivity index (χ0n) is 40.9. The van der Waals surface area contributed by atoms with Crippen molar-refractivity contribution < 1.29 is 23.8 Å². The van der Waals surface area contributed by atoms with Crippen LogP contribution in [0.5, 0.6) is 0 Å². The lowest BCUT2D eigenvalue weighted by atomic mass is 10.1. The maximum absolute atomic E-state index is 12.8. The van der Waals surface area contributed by atoms with Crippen molar-refractivity contribution in [2.75, 3.05) is 19.8 Å². The van der Waals surface area contributed by atoms with E-state index in [9.17, 15) is 9.59 Å². The van der Waals surface area contributed by atoms with Crippen LogP contribution in [0.4, 0.5) is 0 Å².